The Bertz CT molecular complexity index is 390. The SMILES string of the molecule is CO[C@@H]1[C@@H]2O[Si](C(C)(C)C)(C(C)(C)C)OC[C@H]2O[C@H]1CCCN. The Kier molecular flexibility index (Phi) is 5.66. The van der Waals surface area contributed by atoms with Crippen LogP contribution in [-0.2, 0) is 18.3 Å². The molecule has 2 rings (SSSR count). The Morgan fingerprint density at radius 3 is 2.22 bits per heavy atom. The molecule has 0 spiro atoms. The van der Waals surface area contributed by atoms with Crippen molar-refractivity contribution in [2.45, 2.75) is 88.9 Å². The average molecular weight is 346 g/mol. The first-order chi connectivity index (χ1) is 10.6. The van der Waals surface area contributed by atoms with E-state index in [2.05, 4.69) is 41.5 Å². The van der Waals surface area contributed by atoms with Gasteiger partial charge >= 0.3 is 8.56 Å². The summed E-state index contributed by atoms with van der Waals surface area (Å²) in [6, 6.07) is 0. The zero-order valence-electron chi connectivity index (χ0n) is 15.8. The molecule has 6 heteroatoms. The first-order valence-corrected chi connectivity index (χ1v) is 10.6. The van der Waals surface area contributed by atoms with Gasteiger partial charge in [0.15, 0.2) is 0 Å². The monoisotopic (exact) mass is 345 g/mol. The fourth-order valence-electron chi connectivity index (χ4n) is 4.25. The molecule has 2 fully saturated rings. The highest BCUT2D eigenvalue weighted by Crippen LogP contribution is 2.55. The third-order valence-electron chi connectivity index (χ3n) is 5.10. The second kappa shape index (κ2) is 6.73. The number of methoxy groups -OCH3 is 1. The Morgan fingerprint density at radius 2 is 1.74 bits per heavy atom. The maximum atomic E-state index is 6.78. The lowest BCUT2D eigenvalue weighted by atomic mass is 10.0. The van der Waals surface area contributed by atoms with Gasteiger partial charge in [-0.1, -0.05) is 41.5 Å². The van der Waals surface area contributed by atoms with Gasteiger partial charge < -0.3 is 24.1 Å². The fraction of sp³-hybridized carbons (Fsp3) is 1.00. The molecule has 0 bridgehead atoms. The topological polar surface area (TPSA) is 62.9 Å². The van der Waals surface area contributed by atoms with Gasteiger partial charge in [-0.25, -0.2) is 0 Å². The molecule has 0 unspecified atom stereocenters. The summed E-state index contributed by atoms with van der Waals surface area (Å²) in [7, 11) is -0.723. The van der Waals surface area contributed by atoms with Gasteiger partial charge in [0.25, 0.3) is 0 Å². The molecule has 2 aliphatic heterocycles. The first-order valence-electron chi connectivity index (χ1n) is 8.77. The molecule has 2 saturated heterocycles. The summed E-state index contributed by atoms with van der Waals surface area (Å²) >= 11 is 0. The number of fused-ring (bicyclic) bond motifs is 1. The Hall–Kier alpha value is 0.0169. The third kappa shape index (κ3) is 3.39. The highest BCUT2D eigenvalue weighted by molar-refractivity contribution is 6.73. The largest absolute Gasteiger partial charge is 0.391 e. The van der Waals surface area contributed by atoms with Crippen molar-refractivity contribution in [3.8, 4) is 0 Å². The molecule has 23 heavy (non-hydrogen) atoms. The number of hydrogen-bond acceptors (Lipinski definition) is 5. The lowest BCUT2D eigenvalue weighted by Gasteiger charge is -2.53. The minimum atomic E-state index is -2.48. The molecule has 2 aliphatic rings. The van der Waals surface area contributed by atoms with Crippen molar-refractivity contribution in [1.82, 2.24) is 0 Å². The maximum Gasteiger partial charge on any atom is 0.349 e. The van der Waals surface area contributed by atoms with Crippen molar-refractivity contribution in [2.75, 3.05) is 20.3 Å². The van der Waals surface area contributed by atoms with Crippen molar-refractivity contribution in [1.29, 1.82) is 0 Å². The molecule has 0 saturated carbocycles. The van der Waals surface area contributed by atoms with Crippen molar-refractivity contribution >= 4 is 8.56 Å². The molecule has 4 atom stereocenters. The van der Waals surface area contributed by atoms with E-state index in [1.807, 2.05) is 0 Å². The van der Waals surface area contributed by atoms with E-state index in [0.29, 0.717) is 13.2 Å². The van der Waals surface area contributed by atoms with E-state index in [1.54, 1.807) is 7.11 Å². The van der Waals surface area contributed by atoms with E-state index in [-0.39, 0.29) is 34.5 Å². The van der Waals surface area contributed by atoms with Crippen LogP contribution in [0.25, 0.3) is 0 Å². The molecular formula is C17H35NO4Si. The molecule has 2 N–H and O–H groups in total. The van der Waals surface area contributed by atoms with Crippen LogP contribution >= 0.6 is 0 Å². The van der Waals surface area contributed by atoms with E-state index in [9.17, 15) is 0 Å². The van der Waals surface area contributed by atoms with E-state index in [1.165, 1.54) is 0 Å². The van der Waals surface area contributed by atoms with Gasteiger partial charge in [0.1, 0.15) is 18.3 Å². The van der Waals surface area contributed by atoms with Gasteiger partial charge in [0, 0.05) is 17.2 Å². The average Bonchev–Trinajstić information content (AvgIpc) is 2.78. The molecule has 0 aromatic rings. The summed E-state index contributed by atoms with van der Waals surface area (Å²) in [6.07, 6.45) is 1.78. The predicted octanol–water partition coefficient (Wildman–Crippen LogP) is 2.97. The summed E-state index contributed by atoms with van der Waals surface area (Å²) in [5.74, 6) is 0. The van der Waals surface area contributed by atoms with Gasteiger partial charge in [-0.3, -0.25) is 0 Å². The van der Waals surface area contributed by atoms with Crippen molar-refractivity contribution < 1.29 is 18.3 Å². The highest BCUT2D eigenvalue weighted by Gasteiger charge is 2.64. The molecule has 0 radical (unpaired) electrons. The molecule has 0 aliphatic carbocycles. The highest BCUT2D eigenvalue weighted by atomic mass is 28.4. The van der Waals surface area contributed by atoms with Crippen LogP contribution in [0.1, 0.15) is 54.4 Å². The van der Waals surface area contributed by atoms with Crippen molar-refractivity contribution in [2.24, 2.45) is 5.73 Å². The zero-order chi connectivity index (χ0) is 17.5. The van der Waals surface area contributed by atoms with Crippen LogP contribution in [0.15, 0.2) is 0 Å². The van der Waals surface area contributed by atoms with E-state index in [0.717, 1.165) is 12.8 Å². The van der Waals surface area contributed by atoms with E-state index in [4.69, 9.17) is 24.1 Å². The van der Waals surface area contributed by atoms with Gasteiger partial charge in [0.05, 0.1) is 12.7 Å². The molecule has 0 aromatic heterocycles. The zero-order valence-corrected chi connectivity index (χ0v) is 16.8. The normalized spacial score (nSPS) is 34.4. The summed E-state index contributed by atoms with van der Waals surface area (Å²) in [6.45, 7) is 14.7. The van der Waals surface area contributed by atoms with Crippen LogP contribution in [0.3, 0.4) is 0 Å². The lowest BCUT2D eigenvalue weighted by molar-refractivity contribution is -0.0744. The Labute approximate surface area is 142 Å². The van der Waals surface area contributed by atoms with Crippen LogP contribution < -0.4 is 5.73 Å². The fourth-order valence-corrected chi connectivity index (χ4v) is 9.21. The van der Waals surface area contributed by atoms with Crippen LogP contribution in [0.5, 0.6) is 0 Å². The molecule has 2 heterocycles. The molecular weight excluding hydrogens is 310 g/mol. The van der Waals surface area contributed by atoms with Crippen molar-refractivity contribution in [3.63, 3.8) is 0 Å². The molecule has 0 amide bonds. The van der Waals surface area contributed by atoms with Gasteiger partial charge in [-0.2, -0.15) is 0 Å². The molecule has 0 aromatic carbocycles. The molecule has 136 valence electrons. The van der Waals surface area contributed by atoms with E-state index < -0.39 is 8.56 Å². The predicted molar refractivity (Wildman–Crippen MR) is 93.8 cm³/mol. The smallest absolute Gasteiger partial charge is 0.349 e. The van der Waals surface area contributed by atoms with Crippen molar-refractivity contribution in [3.05, 3.63) is 0 Å². The summed E-state index contributed by atoms with van der Waals surface area (Å²) in [4.78, 5) is 0. The van der Waals surface area contributed by atoms with Gasteiger partial charge in [-0.05, 0) is 19.4 Å². The summed E-state index contributed by atoms with van der Waals surface area (Å²) in [5, 5.41) is -0.0479. The Balaban J connectivity index is 2.26. The minimum absolute atomic E-state index is 0.0240. The van der Waals surface area contributed by atoms with Crippen LogP contribution in [-0.4, -0.2) is 53.2 Å². The van der Waals surface area contributed by atoms with E-state index >= 15 is 0 Å². The number of rotatable bonds is 4. The van der Waals surface area contributed by atoms with Crippen LogP contribution in [0, 0.1) is 0 Å². The molecule has 5 nitrogen and oxygen atoms in total. The second-order valence-corrected chi connectivity index (χ2v) is 13.6. The van der Waals surface area contributed by atoms with Gasteiger partial charge in [0.2, 0.25) is 0 Å². The summed E-state index contributed by atoms with van der Waals surface area (Å²) in [5.41, 5.74) is 5.65. The quantitative estimate of drug-likeness (QED) is 0.794. The first kappa shape index (κ1) is 19.3. The van der Waals surface area contributed by atoms with Crippen LogP contribution in [0.4, 0.5) is 0 Å². The third-order valence-corrected chi connectivity index (χ3v) is 10.2. The number of hydrogen-bond donors (Lipinski definition) is 1. The standard InChI is InChI=1S/C17H35NO4Si/c1-16(2,3)23(17(4,5)6)20-11-13-15(22-23)14(19-7)12(21-13)9-8-10-18/h12-15H,8-11,18H2,1-7H3/t12-,13+,14-,15+/m0/s1. The second-order valence-electron chi connectivity index (χ2n) is 8.85. The maximum absolute atomic E-state index is 6.78. The Morgan fingerprint density at radius 1 is 1.13 bits per heavy atom. The lowest BCUT2D eigenvalue weighted by Crippen LogP contribution is -2.65. The van der Waals surface area contributed by atoms with Gasteiger partial charge in [-0.15, -0.1) is 0 Å². The minimum Gasteiger partial charge on any atom is -0.391 e. The van der Waals surface area contributed by atoms with Crippen LogP contribution in [0.2, 0.25) is 10.1 Å². The number of ether oxygens (including phenoxy) is 2. The number of nitrogens with two attached hydrogens (primary N) is 1. The summed E-state index contributed by atoms with van der Waals surface area (Å²) < 4.78 is 25.2.